The monoisotopic (exact) mass is 367 g/mol. The second-order valence-corrected chi connectivity index (χ2v) is 7.33. The van der Waals surface area contributed by atoms with Crippen molar-refractivity contribution < 1.29 is 13.7 Å². The summed E-state index contributed by atoms with van der Waals surface area (Å²) in [5.74, 6) is 1.42. The number of carbonyl (C=O) groups excluding carboxylic acids is 1. The van der Waals surface area contributed by atoms with Gasteiger partial charge < -0.3 is 13.8 Å². The lowest BCUT2D eigenvalue weighted by molar-refractivity contribution is 0.0531. The first-order valence-corrected chi connectivity index (χ1v) is 9.71. The van der Waals surface area contributed by atoms with Gasteiger partial charge in [0.05, 0.1) is 0 Å². The van der Waals surface area contributed by atoms with Crippen LogP contribution in [0.25, 0.3) is 11.0 Å². The Hall–Kier alpha value is -2.63. The van der Waals surface area contributed by atoms with E-state index in [0.717, 1.165) is 48.6 Å². The molecule has 0 unspecified atom stereocenters. The Morgan fingerprint density at radius 3 is 2.89 bits per heavy atom. The SMILES string of the molecule is CCCc1ccc2oc(C(=O)N3CCCC[C@H]3c3nc(C)no3)c(C)c2c1. The summed E-state index contributed by atoms with van der Waals surface area (Å²) in [4.78, 5) is 19.5. The molecule has 0 radical (unpaired) electrons. The fourth-order valence-corrected chi connectivity index (χ4v) is 3.93. The van der Waals surface area contributed by atoms with E-state index in [1.807, 2.05) is 17.9 Å². The maximum atomic E-state index is 13.3. The molecule has 1 amide bonds. The minimum Gasteiger partial charge on any atom is -0.451 e. The first kappa shape index (κ1) is 17.8. The van der Waals surface area contributed by atoms with Gasteiger partial charge in [0.15, 0.2) is 11.6 Å². The number of aryl methyl sites for hydroxylation is 3. The van der Waals surface area contributed by atoms with Gasteiger partial charge in [-0.25, -0.2) is 0 Å². The molecule has 3 heterocycles. The third-order valence-electron chi connectivity index (χ3n) is 5.33. The molecule has 1 aliphatic heterocycles. The summed E-state index contributed by atoms with van der Waals surface area (Å²) in [7, 11) is 0. The van der Waals surface area contributed by atoms with Gasteiger partial charge in [0, 0.05) is 17.5 Å². The van der Waals surface area contributed by atoms with Crippen molar-refractivity contribution in [1.82, 2.24) is 15.0 Å². The van der Waals surface area contributed by atoms with E-state index in [0.29, 0.717) is 24.0 Å². The van der Waals surface area contributed by atoms with Crippen molar-refractivity contribution in [3.63, 3.8) is 0 Å². The van der Waals surface area contributed by atoms with Gasteiger partial charge in [-0.15, -0.1) is 0 Å². The number of fused-ring (bicyclic) bond motifs is 1. The number of nitrogens with zero attached hydrogens (tertiary/aromatic N) is 3. The summed E-state index contributed by atoms with van der Waals surface area (Å²) >= 11 is 0. The topological polar surface area (TPSA) is 72.4 Å². The van der Waals surface area contributed by atoms with Gasteiger partial charge in [-0.1, -0.05) is 24.6 Å². The second kappa shape index (κ2) is 7.18. The largest absolute Gasteiger partial charge is 0.451 e. The fraction of sp³-hybridized carbons (Fsp3) is 0.476. The maximum Gasteiger partial charge on any atom is 0.290 e. The van der Waals surface area contributed by atoms with E-state index in [1.165, 1.54) is 5.56 Å². The minimum atomic E-state index is -0.185. The van der Waals surface area contributed by atoms with Crippen molar-refractivity contribution in [2.24, 2.45) is 0 Å². The molecule has 0 aliphatic carbocycles. The van der Waals surface area contributed by atoms with E-state index in [2.05, 4.69) is 29.2 Å². The quantitative estimate of drug-likeness (QED) is 0.665. The van der Waals surface area contributed by atoms with Crippen LogP contribution < -0.4 is 0 Å². The summed E-state index contributed by atoms with van der Waals surface area (Å²) < 4.78 is 11.3. The molecule has 1 saturated heterocycles. The molecule has 0 saturated carbocycles. The van der Waals surface area contributed by atoms with Crippen molar-refractivity contribution in [2.45, 2.75) is 58.9 Å². The summed E-state index contributed by atoms with van der Waals surface area (Å²) in [6.45, 7) is 6.59. The van der Waals surface area contributed by atoms with Crippen LogP contribution in [-0.4, -0.2) is 27.5 Å². The van der Waals surface area contributed by atoms with E-state index in [4.69, 9.17) is 8.94 Å². The Balaban J connectivity index is 1.69. The summed E-state index contributed by atoms with van der Waals surface area (Å²) in [5, 5.41) is 4.91. The maximum absolute atomic E-state index is 13.3. The smallest absolute Gasteiger partial charge is 0.290 e. The van der Waals surface area contributed by atoms with Crippen LogP contribution in [0.3, 0.4) is 0 Å². The zero-order chi connectivity index (χ0) is 19.0. The van der Waals surface area contributed by atoms with Crippen LogP contribution >= 0.6 is 0 Å². The molecule has 0 bridgehead atoms. The molecule has 4 rings (SSSR count). The average molecular weight is 367 g/mol. The normalized spacial score (nSPS) is 17.6. The highest BCUT2D eigenvalue weighted by molar-refractivity contribution is 5.99. The van der Waals surface area contributed by atoms with Gasteiger partial charge in [0.1, 0.15) is 11.6 Å². The summed E-state index contributed by atoms with van der Waals surface area (Å²) in [5.41, 5.74) is 2.93. The molecule has 1 fully saturated rings. The second-order valence-electron chi connectivity index (χ2n) is 7.33. The van der Waals surface area contributed by atoms with Crippen molar-refractivity contribution in [3.8, 4) is 0 Å². The predicted molar refractivity (Wildman–Crippen MR) is 102 cm³/mol. The lowest BCUT2D eigenvalue weighted by atomic mass is 10.0. The number of amides is 1. The number of benzene rings is 1. The van der Waals surface area contributed by atoms with Gasteiger partial charge in [0.25, 0.3) is 5.91 Å². The molecule has 3 aromatic rings. The summed E-state index contributed by atoms with van der Waals surface area (Å²) in [6, 6.07) is 6.01. The van der Waals surface area contributed by atoms with Crippen LogP contribution in [0.1, 0.15) is 72.0 Å². The van der Waals surface area contributed by atoms with E-state index >= 15 is 0 Å². The van der Waals surface area contributed by atoms with Crippen LogP contribution in [0.4, 0.5) is 0 Å². The van der Waals surface area contributed by atoms with Crippen molar-refractivity contribution in [1.29, 1.82) is 0 Å². The number of aromatic nitrogens is 2. The zero-order valence-electron chi connectivity index (χ0n) is 16.1. The van der Waals surface area contributed by atoms with Gasteiger partial charge in [0.2, 0.25) is 5.89 Å². The lowest BCUT2D eigenvalue weighted by Gasteiger charge is -2.32. The highest BCUT2D eigenvalue weighted by Crippen LogP contribution is 2.34. The Kier molecular flexibility index (Phi) is 4.72. The number of rotatable bonds is 4. The van der Waals surface area contributed by atoms with E-state index in [9.17, 15) is 4.79 Å². The first-order valence-electron chi connectivity index (χ1n) is 9.71. The summed E-state index contributed by atoms with van der Waals surface area (Å²) in [6.07, 6.45) is 4.94. The number of piperidine rings is 1. The standard InChI is InChI=1S/C21H25N3O3/c1-4-7-15-9-10-18-16(12-15)13(2)19(26-18)21(25)24-11-6-5-8-17(24)20-22-14(3)23-27-20/h9-10,12,17H,4-8,11H2,1-3H3/t17-/m0/s1. The molecule has 27 heavy (non-hydrogen) atoms. The third-order valence-corrected chi connectivity index (χ3v) is 5.33. The predicted octanol–water partition coefficient (Wildman–Crippen LogP) is 4.75. The van der Waals surface area contributed by atoms with E-state index in [-0.39, 0.29) is 11.9 Å². The molecular weight excluding hydrogens is 342 g/mol. The molecule has 6 heteroatoms. The van der Waals surface area contributed by atoms with Crippen molar-refractivity contribution >= 4 is 16.9 Å². The van der Waals surface area contributed by atoms with Crippen LogP contribution in [0.5, 0.6) is 0 Å². The first-order chi connectivity index (χ1) is 13.1. The third kappa shape index (κ3) is 3.24. The molecule has 0 N–H and O–H groups in total. The van der Waals surface area contributed by atoms with Gasteiger partial charge >= 0.3 is 0 Å². The molecule has 1 aliphatic rings. The molecule has 2 aromatic heterocycles. The number of furan rings is 1. The van der Waals surface area contributed by atoms with E-state index < -0.39 is 0 Å². The highest BCUT2D eigenvalue weighted by atomic mass is 16.5. The van der Waals surface area contributed by atoms with Crippen LogP contribution in [-0.2, 0) is 6.42 Å². The molecule has 6 nitrogen and oxygen atoms in total. The Morgan fingerprint density at radius 1 is 1.30 bits per heavy atom. The average Bonchev–Trinajstić information content (AvgIpc) is 3.25. The van der Waals surface area contributed by atoms with Crippen molar-refractivity contribution in [3.05, 3.63) is 46.8 Å². The van der Waals surface area contributed by atoms with E-state index in [1.54, 1.807) is 6.92 Å². The van der Waals surface area contributed by atoms with Gasteiger partial charge in [-0.3, -0.25) is 4.79 Å². The lowest BCUT2D eigenvalue weighted by Crippen LogP contribution is -2.38. The zero-order valence-corrected chi connectivity index (χ0v) is 16.1. The molecular formula is C21H25N3O3. The molecule has 1 aromatic carbocycles. The minimum absolute atomic E-state index is 0.0960. The Morgan fingerprint density at radius 2 is 2.15 bits per heavy atom. The van der Waals surface area contributed by atoms with Crippen LogP contribution in [0.15, 0.2) is 27.1 Å². The van der Waals surface area contributed by atoms with Crippen LogP contribution in [0, 0.1) is 13.8 Å². The number of hydrogen-bond acceptors (Lipinski definition) is 5. The Labute approximate surface area is 158 Å². The number of carbonyl (C=O) groups is 1. The van der Waals surface area contributed by atoms with Crippen molar-refractivity contribution in [2.75, 3.05) is 6.54 Å². The molecule has 0 spiro atoms. The number of hydrogen-bond donors (Lipinski definition) is 0. The van der Waals surface area contributed by atoms with Gasteiger partial charge in [-0.05, 0) is 57.2 Å². The molecule has 142 valence electrons. The molecule has 1 atom stereocenters. The fourth-order valence-electron chi connectivity index (χ4n) is 3.93. The Bertz CT molecular complexity index is 972. The van der Waals surface area contributed by atoms with Crippen LogP contribution in [0.2, 0.25) is 0 Å². The number of likely N-dealkylation sites (tertiary alicyclic amines) is 1. The highest BCUT2D eigenvalue weighted by Gasteiger charge is 2.34. The van der Waals surface area contributed by atoms with Gasteiger partial charge in [-0.2, -0.15) is 4.98 Å².